The molecule has 0 aliphatic heterocycles. The summed E-state index contributed by atoms with van der Waals surface area (Å²) in [5.41, 5.74) is 4.81. The monoisotopic (exact) mass is 411 g/mol. The minimum Gasteiger partial charge on any atom is -0.384 e. The smallest absolute Gasteiger partial charge is 0.165 e. The Balaban J connectivity index is 1.53. The number of pyridine rings is 2. The first-order chi connectivity index (χ1) is 14.8. The van der Waals surface area contributed by atoms with E-state index >= 15 is 0 Å². The van der Waals surface area contributed by atoms with Crippen LogP contribution in [-0.4, -0.2) is 30.3 Å². The number of nitrogens with one attached hydrogen (secondary N) is 1. The van der Waals surface area contributed by atoms with Gasteiger partial charge in [-0.1, -0.05) is 24.3 Å². The minimum absolute atomic E-state index is 0.641. The summed E-state index contributed by atoms with van der Waals surface area (Å²) in [4.78, 5) is 14.3. The molecule has 0 saturated heterocycles. The third-order valence-electron chi connectivity index (χ3n) is 4.89. The number of hydrogen-bond acceptors (Lipinski definition) is 6. The molecule has 0 bridgehead atoms. The van der Waals surface area contributed by atoms with Gasteiger partial charge >= 0.3 is 0 Å². The fourth-order valence-corrected chi connectivity index (χ4v) is 4.49. The maximum Gasteiger partial charge on any atom is 0.165 e. The van der Waals surface area contributed by atoms with Crippen LogP contribution in [0.1, 0.15) is 17.2 Å². The van der Waals surface area contributed by atoms with Crippen LogP contribution in [-0.2, 0) is 0 Å². The molecule has 0 saturated carbocycles. The second-order valence-electron chi connectivity index (χ2n) is 6.73. The lowest BCUT2D eigenvalue weighted by Gasteiger charge is -2.12. The fraction of sp³-hybridized carbons (Fsp3) is 0.0435. The van der Waals surface area contributed by atoms with Crippen molar-refractivity contribution in [2.24, 2.45) is 0 Å². The number of rotatable bonds is 5. The first kappa shape index (κ1) is 18.4. The van der Waals surface area contributed by atoms with Gasteiger partial charge in [-0.05, 0) is 52.6 Å². The van der Waals surface area contributed by atoms with E-state index < -0.39 is 6.10 Å². The molecule has 30 heavy (non-hydrogen) atoms. The van der Waals surface area contributed by atoms with Gasteiger partial charge in [0.15, 0.2) is 5.82 Å². The van der Waals surface area contributed by atoms with E-state index in [1.54, 1.807) is 36.1 Å². The quantitative estimate of drug-likeness (QED) is 0.436. The van der Waals surface area contributed by atoms with E-state index in [4.69, 9.17) is 0 Å². The van der Waals surface area contributed by atoms with Crippen molar-refractivity contribution < 1.29 is 5.11 Å². The lowest BCUT2D eigenvalue weighted by molar-refractivity contribution is 0.221. The topological polar surface area (TPSA) is 87.6 Å². The highest BCUT2D eigenvalue weighted by molar-refractivity contribution is 7.19. The molecular weight excluding hydrogens is 394 g/mol. The number of aromatic amines is 1. The molecule has 2 N–H and O–H groups in total. The molecule has 0 aliphatic carbocycles. The predicted molar refractivity (Wildman–Crippen MR) is 117 cm³/mol. The first-order valence-electron chi connectivity index (χ1n) is 9.38. The van der Waals surface area contributed by atoms with Crippen LogP contribution in [0.3, 0.4) is 0 Å². The average molecular weight is 411 g/mol. The van der Waals surface area contributed by atoms with E-state index in [0.717, 1.165) is 37.6 Å². The van der Waals surface area contributed by atoms with E-state index in [1.807, 2.05) is 54.6 Å². The Morgan fingerprint density at radius 3 is 2.07 bits per heavy atom. The van der Waals surface area contributed by atoms with Crippen LogP contribution in [0.5, 0.6) is 0 Å². The summed E-state index contributed by atoms with van der Waals surface area (Å²) in [6.45, 7) is 0. The van der Waals surface area contributed by atoms with Crippen LogP contribution in [0.2, 0.25) is 0 Å². The lowest BCUT2D eigenvalue weighted by Crippen LogP contribution is -2.00. The van der Waals surface area contributed by atoms with Crippen LogP contribution >= 0.6 is 11.3 Å². The van der Waals surface area contributed by atoms with Gasteiger partial charge in [-0.25, -0.2) is 4.98 Å². The number of hydrogen-bond donors (Lipinski definition) is 2. The van der Waals surface area contributed by atoms with Crippen LogP contribution in [0.25, 0.3) is 32.3 Å². The summed E-state index contributed by atoms with van der Waals surface area (Å²) >= 11 is 1.56. The summed E-state index contributed by atoms with van der Waals surface area (Å²) in [5, 5.41) is 18.1. The molecule has 0 amide bonds. The molecule has 0 spiro atoms. The van der Waals surface area contributed by atoms with Crippen molar-refractivity contribution in [2.75, 3.05) is 0 Å². The average Bonchev–Trinajstić information content (AvgIpc) is 3.50. The Bertz CT molecular complexity index is 1240. The van der Waals surface area contributed by atoms with Crippen LogP contribution in [0.4, 0.5) is 0 Å². The second kappa shape index (κ2) is 7.98. The molecular formula is C23H17N5OS. The van der Waals surface area contributed by atoms with E-state index in [1.165, 1.54) is 6.33 Å². The zero-order valence-corrected chi connectivity index (χ0v) is 16.6. The zero-order chi connectivity index (χ0) is 20.3. The van der Waals surface area contributed by atoms with Crippen molar-refractivity contribution in [3.8, 4) is 32.3 Å². The van der Waals surface area contributed by atoms with Crippen molar-refractivity contribution >= 4 is 11.3 Å². The Kier molecular flexibility index (Phi) is 4.88. The molecule has 0 radical (unpaired) electrons. The van der Waals surface area contributed by atoms with Crippen molar-refractivity contribution in [1.82, 2.24) is 25.1 Å². The van der Waals surface area contributed by atoms with Crippen molar-refractivity contribution in [1.29, 1.82) is 0 Å². The molecule has 0 fully saturated rings. The SMILES string of the molecule is OC(c1ccc(-c2ccncc2)cc1)c1cc(-c2ccncc2)sc1-c1ncn[nH]1. The van der Waals surface area contributed by atoms with E-state index in [-0.39, 0.29) is 0 Å². The molecule has 7 heteroatoms. The first-order valence-corrected chi connectivity index (χ1v) is 10.2. The number of aliphatic hydroxyl groups excluding tert-OH is 1. The fourth-order valence-electron chi connectivity index (χ4n) is 3.35. The van der Waals surface area contributed by atoms with Gasteiger partial charge in [-0.15, -0.1) is 11.3 Å². The third-order valence-corrected chi connectivity index (χ3v) is 6.10. The number of aliphatic hydroxyl groups is 1. The van der Waals surface area contributed by atoms with Crippen LogP contribution in [0.15, 0.2) is 85.7 Å². The summed E-state index contributed by atoms with van der Waals surface area (Å²) in [5.74, 6) is 0.641. The molecule has 0 aliphatic rings. The van der Waals surface area contributed by atoms with Gasteiger partial charge in [0.05, 0.1) is 4.88 Å². The van der Waals surface area contributed by atoms with Gasteiger partial charge in [0.25, 0.3) is 0 Å². The Labute approximate surface area is 177 Å². The highest BCUT2D eigenvalue weighted by atomic mass is 32.1. The van der Waals surface area contributed by atoms with E-state index in [2.05, 4.69) is 25.1 Å². The molecule has 5 rings (SSSR count). The van der Waals surface area contributed by atoms with Gasteiger partial charge in [-0.2, -0.15) is 5.10 Å². The summed E-state index contributed by atoms with van der Waals surface area (Å²) in [7, 11) is 0. The van der Waals surface area contributed by atoms with Gasteiger partial charge in [0, 0.05) is 35.2 Å². The van der Waals surface area contributed by atoms with E-state index in [9.17, 15) is 5.11 Å². The number of nitrogens with zero attached hydrogens (tertiary/aromatic N) is 4. The van der Waals surface area contributed by atoms with Crippen molar-refractivity contribution in [3.05, 3.63) is 96.8 Å². The highest BCUT2D eigenvalue weighted by Gasteiger charge is 2.21. The molecule has 6 nitrogen and oxygen atoms in total. The maximum atomic E-state index is 11.2. The van der Waals surface area contributed by atoms with Crippen molar-refractivity contribution in [2.45, 2.75) is 6.10 Å². The largest absolute Gasteiger partial charge is 0.384 e. The molecule has 5 aromatic rings. The van der Waals surface area contributed by atoms with Gasteiger partial charge < -0.3 is 5.11 Å². The summed E-state index contributed by atoms with van der Waals surface area (Å²) in [6.07, 6.45) is 7.75. The summed E-state index contributed by atoms with van der Waals surface area (Å²) in [6, 6.07) is 17.8. The number of thiophene rings is 1. The predicted octanol–water partition coefficient (Wildman–Crippen LogP) is 4.74. The highest BCUT2D eigenvalue weighted by Crippen LogP contribution is 2.41. The van der Waals surface area contributed by atoms with Gasteiger partial charge in [-0.3, -0.25) is 15.1 Å². The number of aromatic nitrogens is 5. The number of benzene rings is 1. The molecule has 4 aromatic heterocycles. The standard InChI is InChI=1S/C23H17N5OS/c29-21(18-3-1-15(2-4-18)16-5-9-24-10-6-16)19-13-20(17-7-11-25-12-8-17)30-22(19)23-26-14-27-28-23/h1-14,21,29H,(H,26,27,28). The van der Waals surface area contributed by atoms with Gasteiger partial charge in [0.2, 0.25) is 0 Å². The zero-order valence-electron chi connectivity index (χ0n) is 15.8. The van der Waals surface area contributed by atoms with Crippen LogP contribution in [0, 0.1) is 0 Å². The summed E-state index contributed by atoms with van der Waals surface area (Å²) < 4.78 is 0. The minimum atomic E-state index is -0.788. The molecule has 1 unspecified atom stereocenters. The Morgan fingerprint density at radius 1 is 0.800 bits per heavy atom. The molecule has 4 heterocycles. The third kappa shape index (κ3) is 3.52. The Morgan fingerprint density at radius 2 is 1.43 bits per heavy atom. The normalized spacial score (nSPS) is 12.0. The van der Waals surface area contributed by atoms with Crippen LogP contribution < -0.4 is 0 Å². The maximum absolute atomic E-state index is 11.2. The molecule has 1 atom stereocenters. The molecule has 1 aromatic carbocycles. The second-order valence-corrected chi connectivity index (χ2v) is 7.78. The number of H-pyrrole nitrogens is 1. The Hall–Kier alpha value is -3.68. The van der Waals surface area contributed by atoms with Crippen molar-refractivity contribution in [3.63, 3.8) is 0 Å². The van der Waals surface area contributed by atoms with Gasteiger partial charge in [0.1, 0.15) is 12.4 Å². The lowest BCUT2D eigenvalue weighted by atomic mass is 9.98. The molecule has 146 valence electrons. The van der Waals surface area contributed by atoms with E-state index in [0.29, 0.717) is 5.82 Å².